The van der Waals surface area contributed by atoms with Gasteiger partial charge in [0.2, 0.25) is 10.0 Å². The first-order valence-corrected chi connectivity index (χ1v) is 13.7. The maximum atomic E-state index is 13.1. The standard InChI is InChI=1S/C24H33N3O6S2/c1-16-5-10-19-20(15-16)34-24(21(19)23(29)25-2)26-22(28)17-6-8-18(9-7-17)35(30,31)27(11-13-32-3)12-14-33-4/h6-9,16H,5,10-15H2,1-4H3,(H,25,29)(H,26,28). The van der Waals surface area contributed by atoms with Gasteiger partial charge in [0.1, 0.15) is 5.00 Å². The van der Waals surface area contributed by atoms with Gasteiger partial charge in [0.25, 0.3) is 11.8 Å². The van der Waals surface area contributed by atoms with Crippen molar-refractivity contribution in [1.29, 1.82) is 0 Å². The number of methoxy groups -OCH3 is 2. The van der Waals surface area contributed by atoms with Crippen LogP contribution in [0.25, 0.3) is 0 Å². The third-order valence-electron chi connectivity index (χ3n) is 6.04. The van der Waals surface area contributed by atoms with E-state index in [1.807, 2.05) is 0 Å². The second kappa shape index (κ2) is 12.1. The van der Waals surface area contributed by atoms with Crippen LogP contribution in [0.5, 0.6) is 0 Å². The SMILES string of the molecule is CNC(=O)c1c(NC(=O)c2ccc(S(=O)(=O)N(CCOC)CCOC)cc2)sc2c1CCC(C)C2. The predicted octanol–water partition coefficient (Wildman–Crippen LogP) is 2.77. The number of nitrogens with zero attached hydrogens (tertiary/aromatic N) is 1. The zero-order valence-corrected chi connectivity index (χ0v) is 22.2. The Bertz CT molecular complexity index is 1140. The van der Waals surface area contributed by atoms with E-state index in [-0.39, 0.29) is 37.1 Å². The summed E-state index contributed by atoms with van der Waals surface area (Å²) >= 11 is 1.44. The predicted molar refractivity (Wildman–Crippen MR) is 136 cm³/mol. The number of rotatable bonds is 11. The fraction of sp³-hybridized carbons (Fsp3) is 0.500. The first-order chi connectivity index (χ1) is 16.7. The number of carbonyl (C=O) groups is 2. The van der Waals surface area contributed by atoms with Crippen molar-refractivity contribution < 1.29 is 27.5 Å². The van der Waals surface area contributed by atoms with Crippen molar-refractivity contribution in [2.24, 2.45) is 5.92 Å². The minimum atomic E-state index is -3.78. The second-order valence-electron chi connectivity index (χ2n) is 8.50. The molecule has 1 heterocycles. The molecule has 0 radical (unpaired) electrons. The number of carbonyl (C=O) groups excluding carboxylic acids is 2. The number of amides is 2. The molecule has 0 spiro atoms. The number of benzene rings is 1. The highest BCUT2D eigenvalue weighted by Crippen LogP contribution is 2.39. The Labute approximate surface area is 210 Å². The summed E-state index contributed by atoms with van der Waals surface area (Å²) < 4.78 is 37.5. The van der Waals surface area contributed by atoms with Gasteiger partial charge in [0.05, 0.1) is 23.7 Å². The maximum absolute atomic E-state index is 13.1. The van der Waals surface area contributed by atoms with E-state index in [4.69, 9.17) is 9.47 Å². The zero-order chi connectivity index (χ0) is 25.6. The van der Waals surface area contributed by atoms with Gasteiger partial charge in [-0.05, 0) is 55.0 Å². The summed E-state index contributed by atoms with van der Waals surface area (Å²) in [6, 6.07) is 5.78. The molecule has 1 aliphatic rings. The number of thiophene rings is 1. The van der Waals surface area contributed by atoms with Crippen molar-refractivity contribution in [1.82, 2.24) is 9.62 Å². The molecule has 1 aliphatic carbocycles. The van der Waals surface area contributed by atoms with E-state index in [0.29, 0.717) is 22.0 Å². The number of nitrogens with one attached hydrogen (secondary N) is 2. The summed E-state index contributed by atoms with van der Waals surface area (Å²) in [6.45, 7) is 3.06. The van der Waals surface area contributed by atoms with Gasteiger partial charge >= 0.3 is 0 Å². The topological polar surface area (TPSA) is 114 Å². The first-order valence-electron chi connectivity index (χ1n) is 11.5. The van der Waals surface area contributed by atoms with Gasteiger partial charge in [-0.2, -0.15) is 4.31 Å². The smallest absolute Gasteiger partial charge is 0.256 e. The minimum absolute atomic E-state index is 0.0767. The normalized spacial score (nSPS) is 15.6. The van der Waals surface area contributed by atoms with Crippen LogP contribution in [0, 0.1) is 5.92 Å². The monoisotopic (exact) mass is 523 g/mol. The first kappa shape index (κ1) is 27.3. The molecule has 1 unspecified atom stereocenters. The van der Waals surface area contributed by atoms with E-state index in [1.165, 1.54) is 54.1 Å². The molecule has 0 aliphatic heterocycles. The van der Waals surface area contributed by atoms with Gasteiger partial charge < -0.3 is 20.1 Å². The molecule has 2 amide bonds. The van der Waals surface area contributed by atoms with E-state index in [9.17, 15) is 18.0 Å². The zero-order valence-electron chi connectivity index (χ0n) is 20.5. The van der Waals surface area contributed by atoms with E-state index in [2.05, 4.69) is 17.6 Å². The molecule has 0 saturated carbocycles. The van der Waals surface area contributed by atoms with Crippen molar-refractivity contribution >= 4 is 38.2 Å². The Morgan fingerprint density at radius 2 is 1.71 bits per heavy atom. The van der Waals surface area contributed by atoms with E-state index in [0.717, 1.165) is 29.7 Å². The summed E-state index contributed by atoms with van der Waals surface area (Å²) in [5.74, 6) is -0.0913. The van der Waals surface area contributed by atoms with Crippen molar-refractivity contribution in [3.05, 3.63) is 45.8 Å². The molecule has 3 rings (SSSR count). The lowest BCUT2D eigenvalue weighted by Crippen LogP contribution is -2.36. The maximum Gasteiger partial charge on any atom is 0.256 e. The van der Waals surface area contributed by atoms with E-state index >= 15 is 0 Å². The quantitative estimate of drug-likeness (QED) is 0.468. The molecule has 1 aromatic heterocycles. The Hall–Kier alpha value is -2.31. The summed E-state index contributed by atoms with van der Waals surface area (Å²) in [7, 11) is 0.807. The van der Waals surface area contributed by atoms with Crippen LogP contribution >= 0.6 is 11.3 Å². The van der Waals surface area contributed by atoms with Gasteiger partial charge in [0.15, 0.2) is 0 Å². The summed E-state index contributed by atoms with van der Waals surface area (Å²) in [4.78, 5) is 26.8. The molecular formula is C24H33N3O6S2. The largest absolute Gasteiger partial charge is 0.383 e. The number of anilines is 1. The van der Waals surface area contributed by atoms with Crippen molar-refractivity contribution in [3.63, 3.8) is 0 Å². The Morgan fingerprint density at radius 3 is 2.29 bits per heavy atom. The van der Waals surface area contributed by atoms with Crippen LogP contribution in [-0.2, 0) is 32.3 Å². The molecule has 1 atom stereocenters. The molecule has 2 N–H and O–H groups in total. The number of sulfonamides is 1. The molecule has 9 nitrogen and oxygen atoms in total. The highest BCUT2D eigenvalue weighted by Gasteiger charge is 2.28. The van der Waals surface area contributed by atoms with Gasteiger partial charge in [-0.1, -0.05) is 6.92 Å². The minimum Gasteiger partial charge on any atom is -0.383 e. The number of fused-ring (bicyclic) bond motifs is 1. The van der Waals surface area contributed by atoms with Crippen LogP contribution in [0.2, 0.25) is 0 Å². The highest BCUT2D eigenvalue weighted by atomic mass is 32.2. The summed E-state index contributed by atoms with van der Waals surface area (Å²) in [6.07, 6.45) is 2.69. The van der Waals surface area contributed by atoms with Crippen LogP contribution in [-0.4, -0.2) is 72.1 Å². The lowest BCUT2D eigenvalue weighted by molar-refractivity contribution is 0.0963. The second-order valence-corrected chi connectivity index (χ2v) is 11.5. The molecular weight excluding hydrogens is 490 g/mol. The van der Waals surface area contributed by atoms with Crippen molar-refractivity contribution in [2.75, 3.05) is 52.9 Å². The summed E-state index contributed by atoms with van der Waals surface area (Å²) in [5.41, 5.74) is 1.84. The van der Waals surface area contributed by atoms with Crippen molar-refractivity contribution in [3.8, 4) is 0 Å². The Balaban J connectivity index is 1.81. The highest BCUT2D eigenvalue weighted by molar-refractivity contribution is 7.89. The van der Waals surface area contributed by atoms with Gasteiger partial charge in [-0.25, -0.2) is 8.42 Å². The van der Waals surface area contributed by atoms with Crippen LogP contribution in [0.3, 0.4) is 0 Å². The molecule has 0 bridgehead atoms. The molecule has 0 fully saturated rings. The molecule has 0 saturated heterocycles. The molecule has 2 aromatic rings. The van der Waals surface area contributed by atoms with E-state index in [1.54, 1.807) is 7.05 Å². The van der Waals surface area contributed by atoms with Gasteiger partial charge in [-0.3, -0.25) is 9.59 Å². The average Bonchev–Trinajstić information content (AvgIpc) is 3.20. The van der Waals surface area contributed by atoms with Gasteiger partial charge in [-0.15, -0.1) is 11.3 Å². The number of hydrogen-bond donors (Lipinski definition) is 2. The molecule has 1 aromatic carbocycles. The van der Waals surface area contributed by atoms with E-state index < -0.39 is 15.9 Å². The van der Waals surface area contributed by atoms with Crippen LogP contribution < -0.4 is 10.6 Å². The Kier molecular flexibility index (Phi) is 9.42. The lowest BCUT2D eigenvalue weighted by atomic mass is 9.88. The molecule has 11 heteroatoms. The van der Waals surface area contributed by atoms with Crippen molar-refractivity contribution in [2.45, 2.75) is 31.1 Å². The fourth-order valence-corrected chi connectivity index (χ4v) is 6.86. The van der Waals surface area contributed by atoms with Crippen LogP contribution in [0.15, 0.2) is 29.2 Å². The summed E-state index contributed by atoms with van der Waals surface area (Å²) in [5, 5.41) is 6.07. The van der Waals surface area contributed by atoms with Gasteiger partial charge in [0, 0.05) is 44.8 Å². The average molecular weight is 524 g/mol. The fourth-order valence-electron chi connectivity index (χ4n) is 4.05. The number of ether oxygens (including phenoxy) is 2. The molecule has 35 heavy (non-hydrogen) atoms. The third kappa shape index (κ3) is 6.28. The lowest BCUT2D eigenvalue weighted by Gasteiger charge is -2.21. The number of hydrogen-bond acceptors (Lipinski definition) is 7. The molecule has 192 valence electrons. The van der Waals surface area contributed by atoms with Crippen LogP contribution in [0.4, 0.5) is 5.00 Å². The van der Waals surface area contributed by atoms with Crippen LogP contribution in [0.1, 0.15) is 44.5 Å². The Morgan fingerprint density at radius 1 is 1.09 bits per heavy atom. The third-order valence-corrected chi connectivity index (χ3v) is 9.12.